The molecular formula is C12H28N2O3. The summed E-state index contributed by atoms with van der Waals surface area (Å²) in [6.45, 7) is 9.42. The Hall–Kier alpha value is -0.650. The average molecular weight is 248 g/mol. The van der Waals surface area contributed by atoms with Crippen molar-refractivity contribution in [1.82, 2.24) is 10.2 Å². The summed E-state index contributed by atoms with van der Waals surface area (Å²) < 4.78 is 10.6. The number of carbonyl (C=O) groups is 1. The molecule has 0 saturated carbocycles. The minimum Gasteiger partial charge on any atom is -0.378 e. The van der Waals surface area contributed by atoms with Crippen LogP contribution >= 0.6 is 0 Å². The molecule has 0 aliphatic rings. The lowest BCUT2D eigenvalue weighted by Gasteiger charge is -2.10. The van der Waals surface area contributed by atoms with Crippen molar-refractivity contribution in [3.8, 4) is 0 Å². The van der Waals surface area contributed by atoms with E-state index >= 15 is 0 Å². The molecule has 0 rings (SSSR count). The predicted octanol–water partition coefficient (Wildman–Crippen LogP) is 0.744. The number of rotatable bonds is 9. The number of ether oxygens (including phenoxy) is 2. The van der Waals surface area contributed by atoms with Gasteiger partial charge in [-0.15, -0.1) is 0 Å². The highest BCUT2D eigenvalue weighted by Gasteiger charge is 1.93. The first-order chi connectivity index (χ1) is 8.13. The van der Waals surface area contributed by atoms with Gasteiger partial charge in [-0.25, -0.2) is 0 Å². The molecule has 1 amide bonds. The topological polar surface area (TPSA) is 50.8 Å². The first-order valence-corrected chi connectivity index (χ1v) is 6.17. The molecule has 0 aromatic heterocycles. The Morgan fingerprint density at radius 3 is 2.06 bits per heavy atom. The van der Waals surface area contributed by atoms with E-state index in [1.807, 2.05) is 27.9 Å². The largest absolute Gasteiger partial charge is 0.378 e. The van der Waals surface area contributed by atoms with Crippen molar-refractivity contribution in [2.75, 3.05) is 53.6 Å². The summed E-state index contributed by atoms with van der Waals surface area (Å²) in [6, 6.07) is 0. The van der Waals surface area contributed by atoms with E-state index < -0.39 is 0 Å². The third kappa shape index (κ3) is 21.2. The van der Waals surface area contributed by atoms with Gasteiger partial charge in [0.15, 0.2) is 0 Å². The molecule has 0 unspecified atom stereocenters. The summed E-state index contributed by atoms with van der Waals surface area (Å²) in [5, 5.41) is 2.65. The maximum Gasteiger partial charge on any atom is 0.216 e. The smallest absolute Gasteiger partial charge is 0.216 e. The fourth-order valence-corrected chi connectivity index (χ4v) is 0.868. The molecule has 0 saturated heterocycles. The van der Waals surface area contributed by atoms with Crippen LogP contribution in [0.2, 0.25) is 0 Å². The maximum atomic E-state index is 10.5. The summed E-state index contributed by atoms with van der Waals surface area (Å²) >= 11 is 0. The van der Waals surface area contributed by atoms with Crippen LogP contribution in [0.1, 0.15) is 20.8 Å². The van der Waals surface area contributed by atoms with Gasteiger partial charge in [0.2, 0.25) is 5.91 Å². The molecule has 0 heterocycles. The lowest BCUT2D eigenvalue weighted by molar-refractivity contribution is -0.119. The van der Waals surface area contributed by atoms with Crippen molar-refractivity contribution in [1.29, 1.82) is 0 Å². The molecule has 0 spiro atoms. The van der Waals surface area contributed by atoms with E-state index in [1.165, 1.54) is 6.92 Å². The SMILES string of the molecule is CC.CC(=O)NCCOCCOCCN(C)C. The van der Waals surface area contributed by atoms with Gasteiger partial charge in [0, 0.05) is 20.0 Å². The molecule has 0 fully saturated rings. The van der Waals surface area contributed by atoms with Gasteiger partial charge in [0.25, 0.3) is 0 Å². The molecule has 5 nitrogen and oxygen atoms in total. The summed E-state index contributed by atoms with van der Waals surface area (Å²) in [6.07, 6.45) is 0. The molecule has 0 radical (unpaired) electrons. The summed E-state index contributed by atoms with van der Waals surface area (Å²) in [7, 11) is 4.01. The van der Waals surface area contributed by atoms with E-state index in [4.69, 9.17) is 9.47 Å². The van der Waals surface area contributed by atoms with Crippen molar-refractivity contribution in [3.05, 3.63) is 0 Å². The van der Waals surface area contributed by atoms with Crippen LogP contribution < -0.4 is 5.32 Å². The molecule has 0 aliphatic heterocycles. The van der Waals surface area contributed by atoms with Gasteiger partial charge in [-0.1, -0.05) is 13.8 Å². The molecule has 17 heavy (non-hydrogen) atoms. The highest BCUT2D eigenvalue weighted by Crippen LogP contribution is 1.80. The van der Waals surface area contributed by atoms with Crippen molar-refractivity contribution in [2.45, 2.75) is 20.8 Å². The molecule has 0 aromatic rings. The Balaban J connectivity index is 0. The number of nitrogens with zero attached hydrogens (tertiary/aromatic N) is 1. The Morgan fingerprint density at radius 2 is 1.59 bits per heavy atom. The standard InChI is InChI=1S/C10H22N2O3.C2H6/c1-10(13)11-4-6-14-8-9-15-7-5-12(2)3;1-2/h4-9H2,1-3H3,(H,11,13);1-2H3. The van der Waals surface area contributed by atoms with E-state index in [0.29, 0.717) is 26.4 Å². The Labute approximate surface area is 105 Å². The number of amides is 1. The molecular weight excluding hydrogens is 220 g/mol. The van der Waals surface area contributed by atoms with Gasteiger partial charge >= 0.3 is 0 Å². The third-order valence-corrected chi connectivity index (χ3v) is 1.68. The van der Waals surface area contributed by atoms with E-state index in [9.17, 15) is 4.79 Å². The predicted molar refractivity (Wildman–Crippen MR) is 70.2 cm³/mol. The minimum absolute atomic E-state index is 0.0270. The molecule has 104 valence electrons. The minimum atomic E-state index is -0.0270. The van der Waals surface area contributed by atoms with Crippen molar-refractivity contribution >= 4 is 5.91 Å². The van der Waals surface area contributed by atoms with Gasteiger partial charge in [0.05, 0.1) is 26.4 Å². The molecule has 5 heteroatoms. The summed E-state index contributed by atoms with van der Waals surface area (Å²) in [5.74, 6) is -0.0270. The highest BCUT2D eigenvalue weighted by atomic mass is 16.5. The van der Waals surface area contributed by atoms with Gasteiger partial charge in [0.1, 0.15) is 0 Å². The van der Waals surface area contributed by atoms with Crippen molar-refractivity contribution in [3.63, 3.8) is 0 Å². The van der Waals surface area contributed by atoms with Crippen LogP contribution in [0, 0.1) is 0 Å². The first kappa shape index (κ1) is 18.7. The highest BCUT2D eigenvalue weighted by molar-refractivity contribution is 5.72. The second-order valence-electron chi connectivity index (χ2n) is 3.51. The van der Waals surface area contributed by atoms with Gasteiger partial charge < -0.3 is 19.7 Å². The van der Waals surface area contributed by atoms with Crippen molar-refractivity contribution in [2.24, 2.45) is 0 Å². The van der Waals surface area contributed by atoms with Crippen LogP contribution in [0.25, 0.3) is 0 Å². The quantitative estimate of drug-likeness (QED) is 0.612. The second kappa shape index (κ2) is 15.4. The van der Waals surface area contributed by atoms with Crippen LogP contribution in [-0.2, 0) is 14.3 Å². The van der Waals surface area contributed by atoms with E-state index in [1.54, 1.807) is 0 Å². The maximum absolute atomic E-state index is 10.5. The zero-order chi connectivity index (χ0) is 13.5. The van der Waals surface area contributed by atoms with Crippen LogP contribution in [0.15, 0.2) is 0 Å². The summed E-state index contributed by atoms with van der Waals surface area (Å²) in [4.78, 5) is 12.6. The van der Waals surface area contributed by atoms with Gasteiger partial charge in [-0.05, 0) is 14.1 Å². The first-order valence-electron chi connectivity index (χ1n) is 6.17. The fraction of sp³-hybridized carbons (Fsp3) is 0.917. The van der Waals surface area contributed by atoms with E-state index in [0.717, 1.165) is 13.2 Å². The molecule has 1 N–H and O–H groups in total. The number of hydrogen-bond donors (Lipinski definition) is 1. The van der Waals surface area contributed by atoms with Crippen LogP contribution in [-0.4, -0.2) is 64.4 Å². The number of carbonyl (C=O) groups excluding carboxylic acids is 1. The Morgan fingerprint density at radius 1 is 1.06 bits per heavy atom. The fourth-order valence-electron chi connectivity index (χ4n) is 0.868. The Kier molecular flexibility index (Phi) is 16.9. The average Bonchev–Trinajstić information content (AvgIpc) is 2.29. The zero-order valence-corrected chi connectivity index (χ0v) is 11.9. The van der Waals surface area contributed by atoms with E-state index in [2.05, 4.69) is 10.2 Å². The second-order valence-corrected chi connectivity index (χ2v) is 3.51. The molecule has 0 aliphatic carbocycles. The number of likely N-dealkylation sites (N-methyl/N-ethyl adjacent to an activating group) is 1. The van der Waals surface area contributed by atoms with Crippen molar-refractivity contribution < 1.29 is 14.3 Å². The lowest BCUT2D eigenvalue weighted by atomic mass is 10.6. The van der Waals surface area contributed by atoms with E-state index in [-0.39, 0.29) is 5.91 Å². The number of nitrogens with one attached hydrogen (secondary N) is 1. The van der Waals surface area contributed by atoms with Crippen LogP contribution in [0.5, 0.6) is 0 Å². The van der Waals surface area contributed by atoms with Gasteiger partial charge in [-0.2, -0.15) is 0 Å². The van der Waals surface area contributed by atoms with Crippen LogP contribution in [0.3, 0.4) is 0 Å². The summed E-state index contributed by atoms with van der Waals surface area (Å²) in [5.41, 5.74) is 0. The monoisotopic (exact) mass is 248 g/mol. The molecule has 0 aromatic carbocycles. The normalized spacial score (nSPS) is 9.76. The lowest BCUT2D eigenvalue weighted by Crippen LogP contribution is -2.25. The number of hydrogen-bond acceptors (Lipinski definition) is 4. The Bertz CT molecular complexity index is 164. The zero-order valence-electron chi connectivity index (χ0n) is 11.9. The van der Waals surface area contributed by atoms with Gasteiger partial charge in [-0.3, -0.25) is 4.79 Å². The van der Waals surface area contributed by atoms with Crippen LogP contribution in [0.4, 0.5) is 0 Å². The molecule has 0 atom stereocenters. The third-order valence-electron chi connectivity index (χ3n) is 1.68. The molecule has 0 bridgehead atoms.